The van der Waals surface area contributed by atoms with Gasteiger partial charge in [-0.05, 0) is 131 Å². The van der Waals surface area contributed by atoms with Crippen molar-refractivity contribution < 1.29 is 34.1 Å². The van der Waals surface area contributed by atoms with Crippen molar-refractivity contribution in [2.24, 2.45) is 34.5 Å². The molecule has 280 valence electrons. The van der Waals surface area contributed by atoms with Crippen molar-refractivity contribution in [3.8, 4) is 22.9 Å². The predicted molar refractivity (Wildman–Crippen MR) is 199 cm³/mol. The highest BCUT2D eigenvalue weighted by atomic mass is 16.5. The number of nitrogens with zero attached hydrogens (tertiary/aromatic N) is 2. The van der Waals surface area contributed by atoms with Crippen LogP contribution in [0.15, 0.2) is 54.7 Å². The van der Waals surface area contributed by atoms with Crippen LogP contribution in [0.5, 0.6) is 11.5 Å². The number of amides is 2. The lowest BCUT2D eigenvalue weighted by atomic mass is 9.47. The maximum absolute atomic E-state index is 14.5. The number of fused-ring (bicyclic) bond motifs is 1. The van der Waals surface area contributed by atoms with Crippen LogP contribution in [-0.4, -0.2) is 61.3 Å². The van der Waals surface area contributed by atoms with Gasteiger partial charge in [0.25, 0.3) is 5.91 Å². The van der Waals surface area contributed by atoms with Gasteiger partial charge in [-0.15, -0.1) is 0 Å². The fourth-order valence-electron chi connectivity index (χ4n) is 12.4. The Labute approximate surface area is 312 Å². The Morgan fingerprint density at radius 1 is 0.796 bits per heavy atom. The summed E-state index contributed by atoms with van der Waals surface area (Å²) in [5, 5.41) is 28.8. The van der Waals surface area contributed by atoms with Crippen LogP contribution in [0.4, 0.5) is 11.5 Å². The van der Waals surface area contributed by atoms with Gasteiger partial charge < -0.3 is 35.3 Å². The first kappa shape index (κ1) is 33.7. The molecule has 8 aliphatic rings. The number of carbonyl (C=O) groups is 3. The quantitative estimate of drug-likeness (QED) is 0.102. The van der Waals surface area contributed by atoms with Crippen LogP contribution < -0.4 is 20.1 Å². The highest BCUT2D eigenvalue weighted by molar-refractivity contribution is 6.05. The molecule has 0 spiro atoms. The zero-order valence-corrected chi connectivity index (χ0v) is 30.3. The largest absolute Gasteiger partial charge is 0.496 e. The van der Waals surface area contributed by atoms with Crippen LogP contribution in [0.3, 0.4) is 0 Å². The summed E-state index contributed by atoms with van der Waals surface area (Å²) in [5.41, 5.74) is -0.748. The molecule has 4 aromatic rings. The molecule has 8 bridgehead atoms. The third-order valence-electron chi connectivity index (χ3n) is 13.6. The molecule has 8 fully saturated rings. The molecule has 2 heterocycles. The highest BCUT2D eigenvalue weighted by Crippen LogP contribution is 2.63. The Morgan fingerprint density at radius 2 is 1.44 bits per heavy atom. The summed E-state index contributed by atoms with van der Waals surface area (Å²) < 4.78 is 12.4. The smallest absolute Gasteiger partial charge is 0.317 e. The lowest BCUT2D eigenvalue weighted by molar-refractivity contribution is -0.188. The van der Waals surface area contributed by atoms with E-state index in [1.54, 1.807) is 54.7 Å². The summed E-state index contributed by atoms with van der Waals surface area (Å²) in [6, 6.07) is 13.8. The van der Waals surface area contributed by atoms with Crippen LogP contribution in [0.1, 0.15) is 87.4 Å². The van der Waals surface area contributed by atoms with E-state index in [1.165, 1.54) is 7.11 Å². The van der Waals surface area contributed by atoms with E-state index >= 15 is 0 Å². The average Bonchev–Trinajstić information content (AvgIpc) is 3.53. The van der Waals surface area contributed by atoms with E-state index in [9.17, 15) is 24.6 Å². The topological polar surface area (TPSA) is 176 Å². The summed E-state index contributed by atoms with van der Waals surface area (Å²) in [6.45, 7) is 0. The number of pyridine rings is 1. The summed E-state index contributed by atoms with van der Waals surface area (Å²) in [7, 11) is 1.52. The molecule has 0 aliphatic heterocycles. The highest BCUT2D eigenvalue weighted by Gasteiger charge is 2.62. The number of benzene rings is 2. The van der Waals surface area contributed by atoms with Crippen LogP contribution in [0.25, 0.3) is 22.4 Å². The number of aromatic nitrogens is 3. The van der Waals surface area contributed by atoms with E-state index in [-0.39, 0.29) is 29.4 Å². The molecule has 8 saturated carbocycles. The first-order valence-electron chi connectivity index (χ1n) is 19.3. The fourth-order valence-corrected chi connectivity index (χ4v) is 12.4. The first-order chi connectivity index (χ1) is 25.9. The molecule has 8 aliphatic carbocycles. The third-order valence-corrected chi connectivity index (χ3v) is 13.6. The molecule has 0 saturated heterocycles. The molecule has 2 aromatic carbocycles. The van der Waals surface area contributed by atoms with Crippen LogP contribution in [-0.2, 0) is 9.59 Å². The van der Waals surface area contributed by atoms with Gasteiger partial charge in [-0.2, -0.15) is 0 Å². The second kappa shape index (κ2) is 11.8. The Morgan fingerprint density at radius 3 is 2.07 bits per heavy atom. The zero-order valence-electron chi connectivity index (χ0n) is 30.3. The molecular weight excluding hydrogens is 686 g/mol. The van der Waals surface area contributed by atoms with Crippen molar-refractivity contribution in [2.75, 3.05) is 17.7 Å². The van der Waals surface area contributed by atoms with Gasteiger partial charge in [0, 0.05) is 29.6 Å². The molecule has 12 nitrogen and oxygen atoms in total. The molecule has 4 unspecified atom stereocenters. The van der Waals surface area contributed by atoms with Crippen LogP contribution in [0.2, 0.25) is 0 Å². The minimum absolute atomic E-state index is 0.134. The van der Waals surface area contributed by atoms with E-state index in [0.29, 0.717) is 82.8 Å². The number of aliphatic hydroxyl groups is 2. The average molecular weight is 732 g/mol. The summed E-state index contributed by atoms with van der Waals surface area (Å²) in [5.74, 6) is 1.66. The molecule has 2 aromatic heterocycles. The predicted octanol–water partition coefficient (Wildman–Crippen LogP) is 6.39. The second-order valence-electron chi connectivity index (χ2n) is 17.8. The fraction of sp³-hybridized carbons (Fsp3) is 0.500. The summed E-state index contributed by atoms with van der Waals surface area (Å²) in [4.78, 5) is 54.1. The Kier molecular flexibility index (Phi) is 7.40. The lowest BCUT2D eigenvalue weighted by Crippen LogP contribution is -2.59. The van der Waals surface area contributed by atoms with Gasteiger partial charge in [-0.1, -0.05) is 6.07 Å². The SMILES string of the molecule is COc1cc(NC(=O)C23C[C@@H]4C[C@@H](CC(O)(C4)C2)C3)cc(OC(=O)C23C[C@@H]4C[C@@H](CC(O)(C4)C2)C3)c1-c1nc2ccc(C(=O)Nc3ccccn3)cc2[nH]1. The maximum Gasteiger partial charge on any atom is 0.317 e. The summed E-state index contributed by atoms with van der Waals surface area (Å²) >= 11 is 0. The van der Waals surface area contributed by atoms with Crippen molar-refractivity contribution in [1.82, 2.24) is 15.0 Å². The van der Waals surface area contributed by atoms with Crippen LogP contribution in [0, 0.1) is 34.5 Å². The van der Waals surface area contributed by atoms with Gasteiger partial charge in [0.05, 0.1) is 40.2 Å². The lowest BCUT2D eigenvalue weighted by Gasteiger charge is -2.59. The first-order valence-corrected chi connectivity index (χ1v) is 19.3. The van der Waals surface area contributed by atoms with E-state index < -0.39 is 28.0 Å². The van der Waals surface area contributed by atoms with Crippen molar-refractivity contribution in [2.45, 2.75) is 88.3 Å². The number of methoxy groups -OCH3 is 1. The van der Waals surface area contributed by atoms with Gasteiger partial charge in [-0.25, -0.2) is 9.97 Å². The van der Waals surface area contributed by atoms with Gasteiger partial charge in [0.2, 0.25) is 5.91 Å². The Bertz CT molecular complexity index is 2190. The molecule has 54 heavy (non-hydrogen) atoms. The molecule has 0 radical (unpaired) electrons. The van der Waals surface area contributed by atoms with Gasteiger partial charge in [-0.3, -0.25) is 14.4 Å². The molecule has 12 heteroatoms. The van der Waals surface area contributed by atoms with Gasteiger partial charge in [0.15, 0.2) is 0 Å². The number of ether oxygens (including phenoxy) is 2. The van der Waals surface area contributed by atoms with E-state index in [4.69, 9.17) is 14.5 Å². The minimum Gasteiger partial charge on any atom is -0.496 e. The Balaban J connectivity index is 1.01. The number of hydrogen-bond acceptors (Lipinski definition) is 9. The van der Waals surface area contributed by atoms with Crippen LogP contribution >= 0.6 is 0 Å². The molecule has 8 atom stereocenters. The maximum atomic E-state index is 14.5. The number of imidazole rings is 1. The minimum atomic E-state index is -0.860. The number of carbonyl (C=O) groups excluding carboxylic acids is 3. The van der Waals surface area contributed by atoms with Gasteiger partial charge in [0.1, 0.15) is 28.7 Å². The monoisotopic (exact) mass is 731 g/mol. The molecular formula is C42H45N5O7. The van der Waals surface area contributed by atoms with Crippen molar-refractivity contribution in [3.05, 3.63) is 60.3 Å². The van der Waals surface area contributed by atoms with Crippen molar-refractivity contribution in [1.29, 1.82) is 0 Å². The summed E-state index contributed by atoms with van der Waals surface area (Å²) in [6.07, 6.45) is 10.3. The molecule has 12 rings (SSSR count). The van der Waals surface area contributed by atoms with E-state index in [1.807, 2.05) is 0 Å². The second-order valence-corrected chi connectivity index (χ2v) is 17.8. The number of H-pyrrole nitrogens is 1. The standard InChI is InChI=1S/C42H45N5O7/c1-53-31-11-28(44-37(49)39-13-23-8-24(14-39)18-41(51,17-23)21-39)12-32(54-38(50)40-15-25-9-26(16-40)20-42(52,19-25)22-40)34(31)35-45-29-6-5-27(10-30(29)46-35)36(48)47-33-4-2-3-7-43-33/h2-7,10-12,23-26,51-52H,8-9,13-22H2,1H3,(H,44,49)(H,45,46)(H,43,47,48)/t23-,24+,25-,26+,39?,40?,41?,42?. The Hall–Kier alpha value is -4.81. The van der Waals surface area contributed by atoms with Crippen molar-refractivity contribution >= 4 is 40.3 Å². The number of anilines is 2. The van der Waals surface area contributed by atoms with Crippen molar-refractivity contribution in [3.63, 3.8) is 0 Å². The number of nitrogens with one attached hydrogen (secondary N) is 3. The van der Waals surface area contributed by atoms with E-state index in [2.05, 4.69) is 20.6 Å². The number of aromatic amines is 1. The number of hydrogen-bond donors (Lipinski definition) is 5. The zero-order chi connectivity index (χ0) is 37.0. The van der Waals surface area contributed by atoms with E-state index in [0.717, 1.165) is 51.4 Å². The molecule has 2 amide bonds. The third kappa shape index (κ3) is 5.59. The number of rotatable bonds is 8. The molecule has 5 N–H and O–H groups in total. The number of esters is 1. The van der Waals surface area contributed by atoms with Gasteiger partial charge >= 0.3 is 5.97 Å². The normalized spacial score (nSPS) is 34.2.